The summed E-state index contributed by atoms with van der Waals surface area (Å²) in [6.07, 6.45) is 2.84. The van der Waals surface area contributed by atoms with Gasteiger partial charge in [-0.25, -0.2) is 0 Å². The van der Waals surface area contributed by atoms with Crippen LogP contribution in [-0.4, -0.2) is 20.7 Å². The van der Waals surface area contributed by atoms with Crippen LogP contribution in [0.3, 0.4) is 0 Å². The molecule has 0 spiro atoms. The van der Waals surface area contributed by atoms with Crippen molar-refractivity contribution in [2.24, 2.45) is 0 Å². The van der Waals surface area contributed by atoms with Gasteiger partial charge >= 0.3 is 0 Å². The van der Waals surface area contributed by atoms with Crippen LogP contribution in [0, 0.1) is 0 Å². The third-order valence-electron chi connectivity index (χ3n) is 1.64. The Morgan fingerprint density at radius 2 is 1.25 bits per heavy atom. The van der Waals surface area contributed by atoms with Gasteiger partial charge in [0.15, 0.2) is 0 Å². The molecule has 0 saturated carbocycles. The van der Waals surface area contributed by atoms with Crippen LogP contribution < -0.4 is 0 Å². The van der Waals surface area contributed by atoms with E-state index < -0.39 is 0 Å². The molecule has 2 unspecified atom stereocenters. The van der Waals surface area contributed by atoms with Gasteiger partial charge in [0.1, 0.15) is 0 Å². The summed E-state index contributed by atoms with van der Waals surface area (Å²) >= 11 is 4.20. The minimum atomic E-state index is 0.900. The highest BCUT2D eigenvalue weighted by molar-refractivity contribution is 9.26. The van der Waals surface area contributed by atoms with Crippen LogP contribution >= 0.6 is 64.8 Å². The first-order valence-electron chi connectivity index (χ1n) is 3.84. The molecule has 2 fully saturated rings. The summed E-state index contributed by atoms with van der Waals surface area (Å²) in [6, 6.07) is 0. The van der Waals surface area contributed by atoms with E-state index in [9.17, 15) is 0 Å². The Kier molecular flexibility index (Phi) is 5.18. The molecule has 12 heavy (non-hydrogen) atoms. The van der Waals surface area contributed by atoms with E-state index in [1.807, 2.05) is 19.7 Å². The molecule has 0 bridgehead atoms. The molecular formula is C6H10S6. The van der Waals surface area contributed by atoms with E-state index in [1.165, 1.54) is 24.3 Å². The average molecular weight is 275 g/mol. The van der Waals surface area contributed by atoms with E-state index >= 15 is 0 Å². The predicted octanol–water partition coefficient (Wildman–Crippen LogP) is 4.59. The maximum atomic E-state index is 2.10. The molecule has 0 aromatic rings. The fourth-order valence-corrected chi connectivity index (χ4v) is 11.5. The molecule has 0 aromatic heterocycles. The van der Waals surface area contributed by atoms with Crippen LogP contribution in [0.1, 0.15) is 12.8 Å². The molecule has 2 heterocycles. The summed E-state index contributed by atoms with van der Waals surface area (Å²) in [4.78, 5) is 0. The van der Waals surface area contributed by atoms with E-state index in [4.69, 9.17) is 0 Å². The van der Waals surface area contributed by atoms with Crippen molar-refractivity contribution in [2.75, 3.05) is 11.5 Å². The normalized spacial score (nSPS) is 34.0. The fourth-order valence-electron chi connectivity index (χ4n) is 0.700. The Bertz CT molecular complexity index is 116. The number of rotatable bonds is 5. The molecule has 0 radical (unpaired) electrons. The first-order valence-corrected chi connectivity index (χ1v) is 10.9. The fraction of sp³-hybridized carbons (Fsp3) is 1.00. The Labute approximate surface area is 97.5 Å². The van der Waals surface area contributed by atoms with Crippen molar-refractivity contribution in [2.45, 2.75) is 22.0 Å². The summed E-state index contributed by atoms with van der Waals surface area (Å²) in [6.45, 7) is 0. The van der Waals surface area contributed by atoms with E-state index in [2.05, 4.69) is 45.1 Å². The van der Waals surface area contributed by atoms with Crippen molar-refractivity contribution in [3.05, 3.63) is 0 Å². The van der Waals surface area contributed by atoms with Crippen LogP contribution in [0.4, 0.5) is 0 Å². The van der Waals surface area contributed by atoms with Gasteiger partial charge in [0, 0.05) is 0 Å². The highest BCUT2D eigenvalue weighted by Gasteiger charge is 2.21. The van der Waals surface area contributed by atoms with Gasteiger partial charge in [-0.1, -0.05) is 21.6 Å². The van der Waals surface area contributed by atoms with Gasteiger partial charge in [0.2, 0.25) is 0 Å². The minimum absolute atomic E-state index is 0.900. The van der Waals surface area contributed by atoms with Gasteiger partial charge < -0.3 is 0 Å². The quantitative estimate of drug-likeness (QED) is 0.527. The molecule has 0 nitrogen and oxygen atoms in total. The minimum Gasteiger partial charge on any atom is -0.147 e. The van der Waals surface area contributed by atoms with Crippen LogP contribution in [0.5, 0.6) is 0 Å². The molecule has 2 rings (SSSR count). The average Bonchev–Trinajstić information content (AvgIpc) is 1.88. The SMILES string of the molecule is C1CC(SSSSC2CCS2)S1. The number of thioether (sulfide) groups is 2. The van der Waals surface area contributed by atoms with E-state index in [0.717, 1.165) is 9.16 Å². The largest absolute Gasteiger partial charge is 0.147 e. The summed E-state index contributed by atoms with van der Waals surface area (Å²) in [5, 5.41) is 0. The molecule has 0 aliphatic carbocycles. The molecule has 0 N–H and O–H groups in total. The zero-order chi connectivity index (χ0) is 8.23. The second-order valence-electron chi connectivity index (χ2n) is 2.51. The zero-order valence-electron chi connectivity index (χ0n) is 6.43. The lowest BCUT2D eigenvalue weighted by Crippen LogP contribution is -2.09. The molecule has 2 aliphatic rings. The van der Waals surface area contributed by atoms with E-state index in [1.54, 1.807) is 0 Å². The van der Waals surface area contributed by atoms with Crippen LogP contribution in [0.2, 0.25) is 0 Å². The second-order valence-corrected chi connectivity index (χ2v) is 11.9. The van der Waals surface area contributed by atoms with Gasteiger partial charge in [-0.3, -0.25) is 0 Å². The third-order valence-corrected chi connectivity index (χ3v) is 12.5. The number of hydrogen-bond donors (Lipinski definition) is 0. The monoisotopic (exact) mass is 274 g/mol. The van der Waals surface area contributed by atoms with Gasteiger partial charge in [0.05, 0.1) is 9.16 Å². The summed E-state index contributed by atoms with van der Waals surface area (Å²) < 4.78 is 1.80. The first kappa shape index (κ1) is 10.6. The van der Waals surface area contributed by atoms with E-state index in [-0.39, 0.29) is 0 Å². The van der Waals surface area contributed by atoms with Crippen molar-refractivity contribution in [1.29, 1.82) is 0 Å². The van der Waals surface area contributed by atoms with Crippen molar-refractivity contribution in [1.82, 2.24) is 0 Å². The molecular weight excluding hydrogens is 264 g/mol. The maximum Gasteiger partial charge on any atom is 0.0622 e. The molecule has 6 heteroatoms. The summed E-state index contributed by atoms with van der Waals surface area (Å²) in [5.74, 6) is 2.77. The molecule has 70 valence electrons. The van der Waals surface area contributed by atoms with Gasteiger partial charge in [-0.05, 0) is 44.0 Å². The van der Waals surface area contributed by atoms with Crippen molar-refractivity contribution in [3.8, 4) is 0 Å². The zero-order valence-corrected chi connectivity index (χ0v) is 11.3. The Balaban J connectivity index is 1.40. The van der Waals surface area contributed by atoms with E-state index in [0.29, 0.717) is 0 Å². The lowest BCUT2D eigenvalue weighted by Gasteiger charge is -2.24. The van der Waals surface area contributed by atoms with Crippen molar-refractivity contribution in [3.63, 3.8) is 0 Å². The van der Waals surface area contributed by atoms with Crippen LogP contribution in [-0.2, 0) is 0 Å². The number of hydrogen-bond acceptors (Lipinski definition) is 6. The lowest BCUT2D eigenvalue weighted by atomic mass is 10.5. The summed E-state index contributed by atoms with van der Waals surface area (Å²) in [5.41, 5.74) is 0. The Hall–Kier alpha value is 2.10. The summed E-state index contributed by atoms with van der Waals surface area (Å²) in [7, 11) is 8.06. The third kappa shape index (κ3) is 3.35. The second kappa shape index (κ2) is 5.85. The molecule has 2 aliphatic heterocycles. The standard InChI is InChI=1S/C6H10S6/c1-3-7-5(1)9-11-12-10-6-2-4-8-6/h5-6H,1-4H2. The topological polar surface area (TPSA) is 0 Å². The van der Waals surface area contributed by atoms with Crippen molar-refractivity contribution >= 4 is 64.8 Å². The smallest absolute Gasteiger partial charge is 0.0622 e. The van der Waals surface area contributed by atoms with Crippen LogP contribution in [0.25, 0.3) is 0 Å². The van der Waals surface area contributed by atoms with Gasteiger partial charge in [-0.15, -0.1) is 23.5 Å². The molecule has 0 amide bonds. The molecule has 2 saturated heterocycles. The predicted molar refractivity (Wildman–Crippen MR) is 72.1 cm³/mol. The lowest BCUT2D eigenvalue weighted by molar-refractivity contribution is 1.01. The van der Waals surface area contributed by atoms with Crippen LogP contribution in [0.15, 0.2) is 0 Å². The van der Waals surface area contributed by atoms with Gasteiger partial charge in [-0.2, -0.15) is 0 Å². The highest BCUT2D eigenvalue weighted by atomic mass is 33.7. The molecule has 2 atom stereocenters. The molecule has 0 aromatic carbocycles. The van der Waals surface area contributed by atoms with Crippen molar-refractivity contribution < 1.29 is 0 Å². The maximum absolute atomic E-state index is 2.10. The van der Waals surface area contributed by atoms with Gasteiger partial charge in [0.25, 0.3) is 0 Å². The highest BCUT2D eigenvalue weighted by Crippen LogP contribution is 2.55. The Morgan fingerprint density at radius 1 is 0.833 bits per heavy atom. The first-order chi connectivity index (χ1) is 5.95. The Morgan fingerprint density at radius 3 is 1.50 bits per heavy atom.